The lowest BCUT2D eigenvalue weighted by Gasteiger charge is -2.05. The highest BCUT2D eigenvalue weighted by atomic mass is 79.9. The van der Waals surface area contributed by atoms with E-state index in [0.717, 1.165) is 12.2 Å². The van der Waals surface area contributed by atoms with E-state index in [2.05, 4.69) is 46.4 Å². The predicted octanol–water partition coefficient (Wildman–Crippen LogP) is 7.79. The molecule has 0 spiro atoms. The van der Waals surface area contributed by atoms with Gasteiger partial charge in [0.25, 0.3) is 0 Å². The molecule has 0 aromatic heterocycles. The van der Waals surface area contributed by atoms with Crippen LogP contribution in [0.25, 0.3) is 14.5 Å². The van der Waals surface area contributed by atoms with Gasteiger partial charge in [0.1, 0.15) is 6.10 Å². The Labute approximate surface area is 221 Å². The van der Waals surface area contributed by atoms with Crippen LogP contribution in [0.3, 0.4) is 0 Å². The van der Waals surface area contributed by atoms with Crippen LogP contribution in [-0.2, 0) is 4.74 Å². The second-order valence-corrected chi connectivity index (χ2v) is 8.32. The molecule has 1 aliphatic heterocycles. The highest BCUT2D eigenvalue weighted by Crippen LogP contribution is 2.30. The molecule has 3 aromatic carbocycles. The number of halogens is 2. The first kappa shape index (κ1) is 27.9. The van der Waals surface area contributed by atoms with Crippen LogP contribution in [0, 0.1) is 19.7 Å². The number of aliphatic hydroxyl groups is 1. The van der Waals surface area contributed by atoms with E-state index in [-0.39, 0.29) is 5.78 Å². The van der Waals surface area contributed by atoms with E-state index < -0.39 is 6.10 Å². The summed E-state index contributed by atoms with van der Waals surface area (Å²) in [6.07, 6.45) is -0.181. The molecule has 2 atom stereocenters. The third-order valence-corrected chi connectivity index (χ3v) is 5.84. The standard InChI is InChI=1S/C9H8BrNO.C9H6BrNO.C9H7NO/c2*1-11-8-4-2-7(3-5-8)9(12)6-10;1-10-8-4-2-7(3-5-8)9-6-11-9/h2-5,9,12H,6H2;2-5H,6H2;2-5,9H,6H2/t9-;;9-/m1.1/s1. The van der Waals surface area contributed by atoms with Gasteiger partial charge >= 0.3 is 0 Å². The molecular formula is C27H21Br2N3O3. The molecule has 6 nitrogen and oxygen atoms in total. The topological polar surface area (TPSA) is 62.9 Å². The van der Waals surface area contributed by atoms with Crippen LogP contribution in [0.5, 0.6) is 0 Å². The number of carbonyl (C=O) groups excluding carboxylic acids is 1. The van der Waals surface area contributed by atoms with Crippen molar-refractivity contribution in [1.29, 1.82) is 0 Å². The van der Waals surface area contributed by atoms with Crippen molar-refractivity contribution in [3.05, 3.63) is 124 Å². The van der Waals surface area contributed by atoms with Gasteiger partial charge in [0.15, 0.2) is 22.8 Å². The van der Waals surface area contributed by atoms with Gasteiger partial charge in [0, 0.05) is 10.9 Å². The smallest absolute Gasteiger partial charge is 0.187 e. The summed E-state index contributed by atoms with van der Waals surface area (Å²) < 4.78 is 5.09. The third kappa shape index (κ3) is 9.45. The van der Waals surface area contributed by atoms with Gasteiger partial charge in [-0.15, -0.1) is 0 Å². The van der Waals surface area contributed by atoms with Crippen molar-refractivity contribution in [2.24, 2.45) is 0 Å². The van der Waals surface area contributed by atoms with Crippen molar-refractivity contribution < 1.29 is 14.6 Å². The molecule has 0 aliphatic carbocycles. The van der Waals surface area contributed by atoms with Gasteiger partial charge in [0.05, 0.1) is 37.8 Å². The molecule has 8 heteroatoms. The zero-order valence-electron chi connectivity index (χ0n) is 18.6. The first-order valence-electron chi connectivity index (χ1n) is 10.3. The number of ketones is 1. The van der Waals surface area contributed by atoms with Crippen LogP contribution in [0.1, 0.15) is 33.7 Å². The third-order valence-electron chi connectivity index (χ3n) is 4.72. The monoisotopic (exact) mass is 593 g/mol. The van der Waals surface area contributed by atoms with Crippen molar-refractivity contribution >= 4 is 54.7 Å². The number of epoxide rings is 1. The molecule has 0 bridgehead atoms. The zero-order valence-corrected chi connectivity index (χ0v) is 21.7. The number of benzene rings is 3. The molecule has 0 amide bonds. The van der Waals surface area contributed by atoms with Crippen LogP contribution < -0.4 is 0 Å². The first-order valence-corrected chi connectivity index (χ1v) is 12.6. The quantitative estimate of drug-likeness (QED) is 0.142. The Morgan fingerprint density at radius 3 is 1.66 bits per heavy atom. The minimum Gasteiger partial charge on any atom is -0.388 e. The Morgan fingerprint density at radius 2 is 1.29 bits per heavy atom. The van der Waals surface area contributed by atoms with Crippen LogP contribution in [0.2, 0.25) is 0 Å². The number of alkyl halides is 2. The van der Waals surface area contributed by atoms with Gasteiger partial charge in [-0.2, -0.15) is 0 Å². The molecule has 4 rings (SSSR count). The minimum absolute atomic E-state index is 0.0338. The van der Waals surface area contributed by atoms with E-state index in [1.165, 1.54) is 5.56 Å². The zero-order chi connectivity index (χ0) is 25.6. The van der Waals surface area contributed by atoms with Gasteiger partial charge in [-0.1, -0.05) is 105 Å². The molecule has 1 aliphatic rings. The number of aliphatic hydroxyl groups excluding tert-OH is 1. The number of carbonyl (C=O) groups is 1. The SMILES string of the molecule is [C-]#[N+]c1ccc(C(=O)CBr)cc1.[C-]#[N+]c1ccc([C@H](O)CBr)cc1.[C-]#[N+]c1ccc([C@H]2CO2)cc1. The summed E-state index contributed by atoms with van der Waals surface area (Å²) in [5.41, 5.74) is 4.49. The molecule has 1 heterocycles. The summed E-state index contributed by atoms with van der Waals surface area (Å²) in [5, 5.41) is 10.2. The maximum Gasteiger partial charge on any atom is 0.187 e. The van der Waals surface area contributed by atoms with Crippen molar-refractivity contribution in [3.8, 4) is 0 Å². The van der Waals surface area contributed by atoms with Crippen molar-refractivity contribution in [2.75, 3.05) is 17.3 Å². The first-order chi connectivity index (χ1) is 16.9. The van der Waals surface area contributed by atoms with E-state index in [4.69, 9.17) is 24.5 Å². The molecule has 0 radical (unpaired) electrons. The Bertz CT molecular complexity index is 1220. The van der Waals surface area contributed by atoms with E-state index in [0.29, 0.717) is 39.4 Å². The largest absolute Gasteiger partial charge is 0.388 e. The number of hydrogen-bond donors (Lipinski definition) is 1. The van der Waals surface area contributed by atoms with Gasteiger partial charge in [-0.3, -0.25) is 4.79 Å². The highest BCUT2D eigenvalue weighted by Gasteiger charge is 2.23. The summed E-state index contributed by atoms with van der Waals surface area (Å²) in [4.78, 5) is 20.9. The Morgan fingerprint density at radius 1 is 0.857 bits per heavy atom. The Balaban J connectivity index is 0.000000185. The number of hydrogen-bond acceptors (Lipinski definition) is 3. The molecule has 1 saturated heterocycles. The second-order valence-electron chi connectivity index (χ2n) is 7.11. The Hall–Kier alpha value is -3.32. The van der Waals surface area contributed by atoms with Crippen molar-refractivity contribution in [2.45, 2.75) is 12.2 Å². The average molecular weight is 595 g/mol. The van der Waals surface area contributed by atoms with E-state index in [1.807, 2.05) is 24.3 Å². The van der Waals surface area contributed by atoms with E-state index in [9.17, 15) is 9.90 Å². The molecule has 1 N–H and O–H groups in total. The average Bonchev–Trinajstić information content (AvgIpc) is 3.79. The van der Waals surface area contributed by atoms with Crippen LogP contribution in [0.4, 0.5) is 17.1 Å². The van der Waals surface area contributed by atoms with Crippen molar-refractivity contribution in [1.82, 2.24) is 0 Å². The number of nitrogens with zero attached hydrogens (tertiary/aromatic N) is 3. The maximum atomic E-state index is 11.1. The maximum absolute atomic E-state index is 11.1. The van der Waals surface area contributed by atoms with Crippen molar-refractivity contribution in [3.63, 3.8) is 0 Å². The van der Waals surface area contributed by atoms with Crippen LogP contribution in [-0.4, -0.2) is 28.2 Å². The molecule has 176 valence electrons. The lowest BCUT2D eigenvalue weighted by atomic mass is 10.1. The van der Waals surface area contributed by atoms with Gasteiger partial charge in [-0.25, -0.2) is 14.5 Å². The van der Waals surface area contributed by atoms with Crippen LogP contribution >= 0.6 is 31.9 Å². The minimum atomic E-state index is -0.482. The van der Waals surface area contributed by atoms with Crippen LogP contribution in [0.15, 0.2) is 72.8 Å². The fraction of sp³-hybridized carbons (Fsp3) is 0.185. The summed E-state index contributed by atoms with van der Waals surface area (Å²) in [6.45, 7) is 21.0. The number of ether oxygens (including phenoxy) is 1. The fourth-order valence-corrected chi connectivity index (χ4v) is 3.36. The summed E-state index contributed by atoms with van der Waals surface area (Å²) in [6, 6.07) is 21.1. The fourth-order valence-electron chi connectivity index (χ4n) is 2.66. The summed E-state index contributed by atoms with van der Waals surface area (Å²) in [5.74, 6) is 0.0338. The van der Waals surface area contributed by atoms with Gasteiger partial charge in [-0.05, 0) is 11.1 Å². The Kier molecular flexibility index (Phi) is 11.8. The van der Waals surface area contributed by atoms with Gasteiger partial charge < -0.3 is 9.84 Å². The lowest BCUT2D eigenvalue weighted by molar-refractivity contribution is 0.102. The summed E-state index contributed by atoms with van der Waals surface area (Å²) >= 11 is 6.25. The van der Waals surface area contributed by atoms with E-state index in [1.54, 1.807) is 48.5 Å². The normalized spacial score (nSPS) is 13.8. The highest BCUT2D eigenvalue weighted by molar-refractivity contribution is 9.09. The molecule has 0 saturated carbocycles. The lowest BCUT2D eigenvalue weighted by Crippen LogP contribution is -1.98. The second kappa shape index (κ2) is 14.8. The molecule has 0 unspecified atom stereocenters. The molecule has 3 aromatic rings. The molecular weight excluding hydrogens is 574 g/mol. The van der Waals surface area contributed by atoms with E-state index >= 15 is 0 Å². The summed E-state index contributed by atoms with van der Waals surface area (Å²) in [7, 11) is 0. The number of rotatable bonds is 5. The molecule has 1 fully saturated rings. The molecule has 35 heavy (non-hydrogen) atoms. The van der Waals surface area contributed by atoms with Gasteiger partial charge in [0.2, 0.25) is 0 Å². The number of Topliss-reactive ketones (excluding diaryl/α,β-unsaturated/α-hetero) is 1. The predicted molar refractivity (Wildman–Crippen MR) is 144 cm³/mol.